The van der Waals surface area contributed by atoms with Crippen LogP contribution < -0.4 is 11.2 Å². The first-order chi connectivity index (χ1) is 16.7. The number of carbonyl (C=O) groups is 1. The molecule has 4 rings (SSSR count). The standard InChI is InChI=1S/C15H12N14O6/c1-7(6-26-21-15(20-24-26)29(33)34)17-19-14(30)10-11(8-2-4-9(5-3-8)28(31)32)27(25-18-10)13-12(16)22-35-23-13/h2-5H,6H2,1H3,(H2,16,22)(H,19,30). The highest BCUT2D eigenvalue weighted by atomic mass is 16.6. The molecule has 35 heavy (non-hydrogen) atoms. The number of nitrogens with one attached hydrogen (secondary N) is 1. The smallest absolute Gasteiger partial charge is 0.390 e. The second kappa shape index (κ2) is 9.05. The fraction of sp³-hybridized carbons (Fsp3) is 0.133. The van der Waals surface area contributed by atoms with Crippen molar-refractivity contribution in [1.82, 2.24) is 50.9 Å². The number of nitrogens with two attached hydrogens (primary N) is 1. The van der Waals surface area contributed by atoms with Gasteiger partial charge in [0.1, 0.15) is 12.2 Å². The zero-order valence-electron chi connectivity index (χ0n) is 17.4. The van der Waals surface area contributed by atoms with E-state index < -0.39 is 21.7 Å². The van der Waals surface area contributed by atoms with Crippen molar-refractivity contribution >= 4 is 29.1 Å². The maximum atomic E-state index is 12.9. The minimum atomic E-state index is -0.809. The summed E-state index contributed by atoms with van der Waals surface area (Å²) < 4.78 is 5.66. The molecule has 0 radical (unpaired) electrons. The van der Waals surface area contributed by atoms with E-state index in [0.717, 1.165) is 9.48 Å². The zero-order chi connectivity index (χ0) is 25.1. The second-order valence-corrected chi connectivity index (χ2v) is 6.64. The Bertz CT molecular complexity index is 1450. The summed E-state index contributed by atoms with van der Waals surface area (Å²) in [6.45, 7) is 1.40. The number of rotatable bonds is 8. The summed E-state index contributed by atoms with van der Waals surface area (Å²) >= 11 is 0. The largest absolute Gasteiger partial charge is 0.514 e. The van der Waals surface area contributed by atoms with Gasteiger partial charge in [0.25, 0.3) is 11.6 Å². The molecule has 0 unspecified atom stereocenters. The van der Waals surface area contributed by atoms with E-state index in [0.29, 0.717) is 5.56 Å². The van der Waals surface area contributed by atoms with E-state index in [1.54, 1.807) is 0 Å². The zero-order valence-corrected chi connectivity index (χ0v) is 17.4. The molecule has 0 aliphatic rings. The quantitative estimate of drug-likeness (QED) is 0.181. The molecule has 20 nitrogen and oxygen atoms in total. The molecule has 3 N–H and O–H groups in total. The number of hydrazone groups is 1. The monoisotopic (exact) mass is 484 g/mol. The SMILES string of the molecule is CC(Cn1nnc([N+](=O)[O-])n1)=NNC(=O)c1nnn(-c2nonc2N)c1-c1ccc([N+](=O)[O-])cc1. The summed E-state index contributed by atoms with van der Waals surface area (Å²) in [5, 5.41) is 50.7. The van der Waals surface area contributed by atoms with Gasteiger partial charge >= 0.3 is 5.95 Å². The van der Waals surface area contributed by atoms with Crippen LogP contribution in [0.15, 0.2) is 34.0 Å². The number of hydrogen-bond donors (Lipinski definition) is 2. The van der Waals surface area contributed by atoms with E-state index in [-0.39, 0.29) is 41.0 Å². The van der Waals surface area contributed by atoms with E-state index in [4.69, 9.17) is 5.73 Å². The third-order valence-electron chi connectivity index (χ3n) is 4.26. The van der Waals surface area contributed by atoms with Crippen LogP contribution in [0.4, 0.5) is 17.5 Å². The summed E-state index contributed by atoms with van der Waals surface area (Å²) in [5.74, 6) is -1.71. The van der Waals surface area contributed by atoms with Gasteiger partial charge in [0.15, 0.2) is 5.69 Å². The molecule has 178 valence electrons. The van der Waals surface area contributed by atoms with Crippen molar-refractivity contribution in [2.75, 3.05) is 5.73 Å². The first-order valence-electron chi connectivity index (χ1n) is 9.29. The lowest BCUT2D eigenvalue weighted by atomic mass is 10.1. The van der Waals surface area contributed by atoms with Gasteiger partial charge in [0, 0.05) is 22.9 Å². The lowest BCUT2D eigenvalue weighted by molar-refractivity contribution is -0.394. The Morgan fingerprint density at radius 1 is 1.14 bits per heavy atom. The van der Waals surface area contributed by atoms with Gasteiger partial charge in [-0.3, -0.25) is 14.9 Å². The summed E-state index contributed by atoms with van der Waals surface area (Å²) in [7, 11) is 0. The Morgan fingerprint density at radius 2 is 1.89 bits per heavy atom. The lowest BCUT2D eigenvalue weighted by Crippen LogP contribution is -2.22. The molecule has 0 bridgehead atoms. The van der Waals surface area contributed by atoms with Gasteiger partial charge in [-0.25, -0.2) is 10.1 Å². The van der Waals surface area contributed by atoms with E-state index in [2.05, 4.69) is 51.2 Å². The maximum absolute atomic E-state index is 12.9. The third-order valence-corrected chi connectivity index (χ3v) is 4.26. The number of non-ortho nitro benzene ring substituents is 1. The first-order valence-corrected chi connectivity index (χ1v) is 9.29. The number of amides is 1. The van der Waals surface area contributed by atoms with Crippen LogP contribution in [0.1, 0.15) is 17.4 Å². The predicted molar refractivity (Wildman–Crippen MR) is 111 cm³/mol. The van der Waals surface area contributed by atoms with Crippen molar-refractivity contribution in [3.8, 4) is 17.1 Å². The molecule has 0 saturated heterocycles. The Labute approximate surface area is 191 Å². The minimum absolute atomic E-state index is 0.0663. The summed E-state index contributed by atoms with van der Waals surface area (Å²) in [6.07, 6.45) is 0. The van der Waals surface area contributed by atoms with Crippen LogP contribution in [-0.4, -0.2) is 67.0 Å². The van der Waals surface area contributed by atoms with Crippen LogP contribution in [0.5, 0.6) is 0 Å². The molecule has 3 aromatic heterocycles. The van der Waals surface area contributed by atoms with Crippen molar-refractivity contribution in [2.24, 2.45) is 5.10 Å². The van der Waals surface area contributed by atoms with Crippen molar-refractivity contribution in [3.05, 3.63) is 50.2 Å². The number of benzene rings is 1. The normalized spacial score (nSPS) is 11.4. The predicted octanol–water partition coefficient (Wildman–Crippen LogP) is -0.492. The second-order valence-electron chi connectivity index (χ2n) is 6.64. The van der Waals surface area contributed by atoms with Crippen LogP contribution in [-0.2, 0) is 6.54 Å². The number of anilines is 1. The number of aromatic nitrogens is 9. The van der Waals surface area contributed by atoms with Gasteiger partial charge in [-0.05, 0) is 34.3 Å². The Balaban J connectivity index is 1.63. The van der Waals surface area contributed by atoms with Gasteiger partial charge in [-0.1, -0.05) is 10.0 Å². The number of nitro benzene ring substituents is 1. The average Bonchev–Trinajstić information content (AvgIpc) is 3.57. The van der Waals surface area contributed by atoms with Gasteiger partial charge in [0.2, 0.25) is 11.6 Å². The summed E-state index contributed by atoms with van der Waals surface area (Å²) in [6, 6.07) is 5.22. The molecule has 1 amide bonds. The number of nitrogen functional groups attached to an aromatic ring is 1. The van der Waals surface area contributed by atoms with Crippen LogP contribution in [0.25, 0.3) is 17.1 Å². The molecule has 3 heterocycles. The topological polar surface area (TPSA) is 267 Å². The summed E-state index contributed by atoms with van der Waals surface area (Å²) in [4.78, 5) is 34.0. The van der Waals surface area contributed by atoms with E-state index in [1.807, 2.05) is 0 Å². The number of nitrogens with zero attached hydrogens (tertiary/aromatic N) is 12. The van der Waals surface area contributed by atoms with Crippen molar-refractivity contribution in [3.63, 3.8) is 0 Å². The van der Waals surface area contributed by atoms with Crippen molar-refractivity contribution in [1.29, 1.82) is 0 Å². The van der Waals surface area contributed by atoms with Crippen LogP contribution in [0.2, 0.25) is 0 Å². The molecule has 4 aromatic rings. The molecule has 0 aliphatic heterocycles. The van der Waals surface area contributed by atoms with Gasteiger partial charge in [-0.15, -0.1) is 5.10 Å². The van der Waals surface area contributed by atoms with Gasteiger partial charge in [0.05, 0.1) is 20.8 Å². The van der Waals surface area contributed by atoms with Gasteiger partial charge < -0.3 is 15.8 Å². The van der Waals surface area contributed by atoms with Crippen molar-refractivity contribution in [2.45, 2.75) is 13.5 Å². The fourth-order valence-electron chi connectivity index (χ4n) is 2.73. The molecule has 20 heteroatoms. The number of tetrazole rings is 1. The highest BCUT2D eigenvalue weighted by Crippen LogP contribution is 2.28. The van der Waals surface area contributed by atoms with E-state index in [1.165, 1.54) is 31.2 Å². The number of carbonyl (C=O) groups excluding carboxylic acids is 1. The van der Waals surface area contributed by atoms with Crippen molar-refractivity contribution < 1.29 is 19.3 Å². The molecule has 0 fully saturated rings. The highest BCUT2D eigenvalue weighted by Gasteiger charge is 2.26. The Kier molecular flexibility index (Phi) is 5.82. The van der Waals surface area contributed by atoms with E-state index in [9.17, 15) is 25.0 Å². The first kappa shape index (κ1) is 22.5. The highest BCUT2D eigenvalue weighted by molar-refractivity contribution is 5.99. The third kappa shape index (κ3) is 4.59. The molecular weight excluding hydrogens is 472 g/mol. The van der Waals surface area contributed by atoms with Crippen LogP contribution >= 0.6 is 0 Å². The molecule has 0 spiro atoms. The molecular formula is C15H12N14O6. The number of nitro groups is 2. The van der Waals surface area contributed by atoms with Gasteiger partial charge in [-0.2, -0.15) is 9.78 Å². The molecule has 0 aliphatic carbocycles. The average molecular weight is 484 g/mol. The Morgan fingerprint density at radius 3 is 2.49 bits per heavy atom. The minimum Gasteiger partial charge on any atom is -0.390 e. The summed E-state index contributed by atoms with van der Waals surface area (Å²) in [5.41, 5.74) is 8.25. The van der Waals surface area contributed by atoms with E-state index >= 15 is 0 Å². The number of hydrogen-bond acceptors (Lipinski definition) is 15. The fourth-order valence-corrected chi connectivity index (χ4v) is 2.73. The molecule has 0 atom stereocenters. The maximum Gasteiger partial charge on any atom is 0.514 e. The van der Waals surface area contributed by atoms with Crippen LogP contribution in [0.3, 0.4) is 0 Å². The molecule has 1 aromatic carbocycles. The lowest BCUT2D eigenvalue weighted by Gasteiger charge is -2.06. The Hall–Kier alpha value is -5.69. The molecule has 0 saturated carbocycles. The van der Waals surface area contributed by atoms with Crippen LogP contribution in [0, 0.1) is 20.2 Å².